The predicted molar refractivity (Wildman–Crippen MR) is 137 cm³/mol. The normalized spacial score (nSPS) is 15.2. The number of thiazole rings is 1. The number of amides is 2. The van der Waals surface area contributed by atoms with E-state index < -0.39 is 6.04 Å². The summed E-state index contributed by atoms with van der Waals surface area (Å²) in [5.74, 6) is 0.392. The molecule has 0 spiro atoms. The number of ether oxygens (including phenoxy) is 1. The number of piperazine rings is 1. The van der Waals surface area contributed by atoms with Gasteiger partial charge in [-0.05, 0) is 35.9 Å². The van der Waals surface area contributed by atoms with Crippen LogP contribution in [0.5, 0.6) is 5.75 Å². The molecule has 178 valence electrons. The fourth-order valence-electron chi connectivity index (χ4n) is 4.50. The van der Waals surface area contributed by atoms with Gasteiger partial charge in [-0.3, -0.25) is 14.5 Å². The van der Waals surface area contributed by atoms with Crippen molar-refractivity contribution in [2.75, 3.05) is 33.3 Å². The van der Waals surface area contributed by atoms with E-state index in [2.05, 4.69) is 0 Å². The average Bonchev–Trinajstić information content (AvgIpc) is 3.33. The van der Waals surface area contributed by atoms with Crippen LogP contribution in [-0.4, -0.2) is 59.9 Å². The number of primary amides is 1. The Morgan fingerprint density at radius 1 is 0.971 bits per heavy atom. The first-order chi connectivity index (χ1) is 17.0. The summed E-state index contributed by atoms with van der Waals surface area (Å²) in [7, 11) is 1.65. The Bertz CT molecular complexity index is 1360. The SMILES string of the molecule is COc1ccc2nc(-c3cccc(C(=O)N4CCN(C(C(N)=O)c5ccccc5)CC4)c3)sc2c1. The number of carbonyl (C=O) groups excluding carboxylic acids is 2. The summed E-state index contributed by atoms with van der Waals surface area (Å²) in [6, 6.07) is 22.5. The zero-order valence-corrected chi connectivity index (χ0v) is 20.2. The maximum absolute atomic E-state index is 13.3. The topological polar surface area (TPSA) is 88.8 Å². The molecule has 2 N–H and O–H groups in total. The highest BCUT2D eigenvalue weighted by Gasteiger charge is 2.30. The highest BCUT2D eigenvalue weighted by molar-refractivity contribution is 7.21. The lowest BCUT2D eigenvalue weighted by atomic mass is 10.0. The van der Waals surface area contributed by atoms with E-state index in [4.69, 9.17) is 15.5 Å². The third-order valence-corrected chi connectivity index (χ3v) is 7.37. The Balaban J connectivity index is 1.30. The van der Waals surface area contributed by atoms with Gasteiger partial charge in [0.1, 0.15) is 16.8 Å². The smallest absolute Gasteiger partial charge is 0.253 e. The van der Waals surface area contributed by atoms with Crippen LogP contribution in [0.4, 0.5) is 0 Å². The molecular weight excluding hydrogens is 460 g/mol. The van der Waals surface area contributed by atoms with Gasteiger partial charge in [0.05, 0.1) is 17.3 Å². The number of hydrogen-bond donors (Lipinski definition) is 1. The highest BCUT2D eigenvalue weighted by Crippen LogP contribution is 2.33. The molecular formula is C27H26N4O3S. The van der Waals surface area contributed by atoms with Crippen LogP contribution in [-0.2, 0) is 4.79 Å². The standard InChI is InChI=1S/C27H26N4O3S/c1-34-21-10-11-22-23(17-21)35-26(29-22)19-8-5-9-20(16-19)27(33)31-14-12-30(13-15-31)24(25(28)32)18-6-3-2-4-7-18/h2-11,16-17,24H,12-15H2,1H3,(H2,28,32). The Hall–Kier alpha value is -3.75. The van der Waals surface area contributed by atoms with Crippen molar-refractivity contribution in [3.8, 4) is 16.3 Å². The molecule has 4 aromatic rings. The molecule has 0 aliphatic carbocycles. The van der Waals surface area contributed by atoms with Gasteiger partial charge in [0, 0.05) is 37.3 Å². The van der Waals surface area contributed by atoms with Crippen molar-refractivity contribution in [3.63, 3.8) is 0 Å². The molecule has 0 saturated carbocycles. The highest BCUT2D eigenvalue weighted by atomic mass is 32.1. The molecule has 2 amide bonds. The van der Waals surface area contributed by atoms with Gasteiger partial charge >= 0.3 is 0 Å². The molecule has 1 aliphatic heterocycles. The molecule has 0 bridgehead atoms. The zero-order valence-electron chi connectivity index (χ0n) is 19.4. The lowest BCUT2D eigenvalue weighted by Gasteiger charge is -2.38. The molecule has 1 atom stereocenters. The Labute approximate surface area is 207 Å². The first-order valence-electron chi connectivity index (χ1n) is 11.5. The van der Waals surface area contributed by atoms with Crippen molar-refractivity contribution in [3.05, 3.63) is 83.9 Å². The van der Waals surface area contributed by atoms with Crippen LogP contribution in [0, 0.1) is 0 Å². The van der Waals surface area contributed by atoms with E-state index in [1.165, 1.54) is 0 Å². The first kappa shape index (κ1) is 23.0. The van der Waals surface area contributed by atoms with Crippen molar-refractivity contribution in [2.24, 2.45) is 5.73 Å². The Morgan fingerprint density at radius 3 is 2.46 bits per heavy atom. The monoisotopic (exact) mass is 486 g/mol. The molecule has 0 radical (unpaired) electrons. The quantitative estimate of drug-likeness (QED) is 0.446. The number of hydrogen-bond acceptors (Lipinski definition) is 6. The van der Waals surface area contributed by atoms with Crippen LogP contribution in [0.25, 0.3) is 20.8 Å². The molecule has 8 heteroatoms. The molecule has 1 saturated heterocycles. The minimum absolute atomic E-state index is 0.0235. The van der Waals surface area contributed by atoms with Crippen LogP contribution >= 0.6 is 11.3 Å². The molecule has 7 nitrogen and oxygen atoms in total. The van der Waals surface area contributed by atoms with E-state index in [1.54, 1.807) is 18.4 Å². The van der Waals surface area contributed by atoms with Crippen LogP contribution in [0.15, 0.2) is 72.8 Å². The van der Waals surface area contributed by atoms with E-state index in [0.717, 1.165) is 32.1 Å². The minimum Gasteiger partial charge on any atom is -0.497 e. The molecule has 1 aromatic heterocycles. The van der Waals surface area contributed by atoms with E-state index in [9.17, 15) is 9.59 Å². The number of rotatable bonds is 6. The maximum Gasteiger partial charge on any atom is 0.253 e. The summed E-state index contributed by atoms with van der Waals surface area (Å²) in [5.41, 5.74) is 9.04. The van der Waals surface area contributed by atoms with Gasteiger partial charge in [0.15, 0.2) is 0 Å². The first-order valence-corrected chi connectivity index (χ1v) is 12.3. The van der Waals surface area contributed by atoms with Gasteiger partial charge < -0.3 is 15.4 Å². The number of nitrogens with zero attached hydrogens (tertiary/aromatic N) is 3. The van der Waals surface area contributed by atoms with Gasteiger partial charge in [0.2, 0.25) is 5.91 Å². The summed E-state index contributed by atoms with van der Waals surface area (Å²) in [6.07, 6.45) is 0. The van der Waals surface area contributed by atoms with Crippen molar-refractivity contribution >= 4 is 33.4 Å². The van der Waals surface area contributed by atoms with Gasteiger partial charge in [-0.25, -0.2) is 4.98 Å². The number of methoxy groups -OCH3 is 1. The lowest BCUT2D eigenvalue weighted by Crippen LogP contribution is -2.51. The summed E-state index contributed by atoms with van der Waals surface area (Å²) < 4.78 is 6.35. The second-order valence-corrected chi connectivity index (χ2v) is 9.51. The number of nitrogens with two attached hydrogens (primary N) is 1. The number of benzene rings is 3. The van der Waals surface area contributed by atoms with E-state index >= 15 is 0 Å². The average molecular weight is 487 g/mol. The molecule has 1 unspecified atom stereocenters. The van der Waals surface area contributed by atoms with Gasteiger partial charge in [-0.15, -0.1) is 11.3 Å². The zero-order chi connectivity index (χ0) is 24.4. The summed E-state index contributed by atoms with van der Waals surface area (Å²) in [6.45, 7) is 2.21. The minimum atomic E-state index is -0.491. The third kappa shape index (κ3) is 4.76. The van der Waals surface area contributed by atoms with Gasteiger partial charge in [0.25, 0.3) is 5.91 Å². The molecule has 1 aliphatic rings. The van der Waals surface area contributed by atoms with E-state index in [0.29, 0.717) is 31.7 Å². The molecule has 1 fully saturated rings. The lowest BCUT2D eigenvalue weighted by molar-refractivity contribution is -0.124. The largest absolute Gasteiger partial charge is 0.497 e. The van der Waals surface area contributed by atoms with Crippen molar-refractivity contribution in [2.45, 2.75) is 6.04 Å². The second kappa shape index (κ2) is 9.85. The van der Waals surface area contributed by atoms with Crippen LogP contribution in [0.1, 0.15) is 22.0 Å². The summed E-state index contributed by atoms with van der Waals surface area (Å²) in [4.78, 5) is 34.1. The van der Waals surface area contributed by atoms with Crippen molar-refractivity contribution < 1.29 is 14.3 Å². The van der Waals surface area contributed by atoms with Gasteiger partial charge in [-0.2, -0.15) is 0 Å². The predicted octanol–water partition coefficient (Wildman–Crippen LogP) is 3.96. The molecule has 3 aromatic carbocycles. The third-order valence-electron chi connectivity index (χ3n) is 6.30. The van der Waals surface area contributed by atoms with Gasteiger partial charge in [-0.1, -0.05) is 42.5 Å². The summed E-state index contributed by atoms with van der Waals surface area (Å²) >= 11 is 1.57. The summed E-state index contributed by atoms with van der Waals surface area (Å²) in [5, 5.41) is 0.861. The number of aromatic nitrogens is 1. The van der Waals surface area contributed by atoms with Crippen molar-refractivity contribution in [1.82, 2.24) is 14.8 Å². The fraction of sp³-hybridized carbons (Fsp3) is 0.222. The number of carbonyl (C=O) groups is 2. The van der Waals surface area contributed by atoms with Crippen LogP contribution in [0.2, 0.25) is 0 Å². The van der Waals surface area contributed by atoms with Crippen molar-refractivity contribution in [1.29, 1.82) is 0 Å². The van der Waals surface area contributed by atoms with E-state index in [1.807, 2.05) is 82.6 Å². The molecule has 2 heterocycles. The van der Waals surface area contributed by atoms with Crippen LogP contribution in [0.3, 0.4) is 0 Å². The Kier molecular flexibility index (Phi) is 6.48. The Morgan fingerprint density at radius 2 is 1.74 bits per heavy atom. The maximum atomic E-state index is 13.3. The van der Waals surface area contributed by atoms with Crippen LogP contribution < -0.4 is 10.5 Å². The number of fused-ring (bicyclic) bond motifs is 1. The van der Waals surface area contributed by atoms with E-state index in [-0.39, 0.29) is 11.8 Å². The second-order valence-electron chi connectivity index (χ2n) is 8.48. The fourth-order valence-corrected chi connectivity index (χ4v) is 5.49. The molecule has 35 heavy (non-hydrogen) atoms. The molecule has 5 rings (SSSR count).